The second-order valence-corrected chi connectivity index (χ2v) is 7.58. The van der Waals surface area contributed by atoms with Crippen LogP contribution >= 0.6 is 36.4 Å². The molecule has 1 nitrogen and oxygen atoms in total. The van der Waals surface area contributed by atoms with Gasteiger partial charge in [0.15, 0.2) is 0 Å². The SMILES string of the molecule is CNCC(CC1CCCc2cc(CS)ccc21)c1cccs1.Cl. The summed E-state index contributed by atoms with van der Waals surface area (Å²) in [7, 11) is 2.06. The Hall–Kier alpha value is -0.480. The number of thiol groups is 1. The Balaban J connectivity index is 0.00000192. The number of benzene rings is 1. The van der Waals surface area contributed by atoms with Gasteiger partial charge < -0.3 is 5.32 Å². The number of aryl methyl sites for hydroxylation is 1. The Labute approximate surface area is 155 Å². The van der Waals surface area contributed by atoms with E-state index in [0.717, 1.165) is 12.3 Å². The number of rotatable bonds is 6. The van der Waals surface area contributed by atoms with E-state index in [9.17, 15) is 0 Å². The number of nitrogens with one attached hydrogen (secondary N) is 1. The first kappa shape index (κ1) is 18.9. The molecule has 23 heavy (non-hydrogen) atoms. The zero-order valence-corrected chi connectivity index (χ0v) is 16.2. The van der Waals surface area contributed by atoms with Crippen molar-refractivity contribution in [1.29, 1.82) is 0 Å². The van der Waals surface area contributed by atoms with Crippen molar-refractivity contribution < 1.29 is 0 Å². The maximum absolute atomic E-state index is 4.42. The Bertz CT molecular complexity index is 597. The fourth-order valence-corrected chi connectivity index (χ4v) is 4.77. The highest BCUT2D eigenvalue weighted by Gasteiger charge is 2.24. The summed E-state index contributed by atoms with van der Waals surface area (Å²) in [6.07, 6.45) is 5.15. The molecule has 1 heterocycles. The lowest BCUT2D eigenvalue weighted by Crippen LogP contribution is -2.20. The molecule has 0 amide bonds. The average Bonchev–Trinajstić information content (AvgIpc) is 3.08. The first-order chi connectivity index (χ1) is 10.8. The van der Waals surface area contributed by atoms with E-state index in [1.807, 2.05) is 11.3 Å². The van der Waals surface area contributed by atoms with Crippen LogP contribution in [-0.2, 0) is 12.2 Å². The molecule has 0 saturated heterocycles. The van der Waals surface area contributed by atoms with Crippen LogP contribution < -0.4 is 5.32 Å². The predicted molar refractivity (Wildman–Crippen MR) is 108 cm³/mol. The maximum atomic E-state index is 4.42. The first-order valence-electron chi connectivity index (χ1n) is 8.22. The van der Waals surface area contributed by atoms with Crippen LogP contribution in [0.15, 0.2) is 35.7 Å². The second kappa shape index (κ2) is 9.12. The first-order valence-corrected chi connectivity index (χ1v) is 9.73. The molecule has 0 spiro atoms. The lowest BCUT2D eigenvalue weighted by atomic mass is 9.77. The molecular weight excluding hydrogens is 342 g/mol. The van der Waals surface area contributed by atoms with Crippen LogP contribution in [0.5, 0.6) is 0 Å². The molecular formula is C19H26ClNS2. The molecule has 0 aliphatic heterocycles. The third-order valence-corrected chi connectivity index (χ3v) is 6.19. The van der Waals surface area contributed by atoms with Gasteiger partial charge in [-0.1, -0.05) is 24.3 Å². The molecule has 2 aromatic rings. The van der Waals surface area contributed by atoms with Gasteiger partial charge in [0.05, 0.1) is 0 Å². The zero-order valence-electron chi connectivity index (χ0n) is 13.6. The van der Waals surface area contributed by atoms with E-state index in [0.29, 0.717) is 11.8 Å². The Morgan fingerprint density at radius 3 is 2.91 bits per heavy atom. The Morgan fingerprint density at radius 2 is 2.22 bits per heavy atom. The number of hydrogen-bond donors (Lipinski definition) is 2. The topological polar surface area (TPSA) is 12.0 Å². The fraction of sp³-hybridized carbons (Fsp3) is 0.474. The minimum absolute atomic E-state index is 0. The molecule has 1 N–H and O–H groups in total. The summed E-state index contributed by atoms with van der Waals surface area (Å²) in [5.41, 5.74) is 4.51. The molecule has 3 rings (SSSR count). The summed E-state index contributed by atoms with van der Waals surface area (Å²) in [6, 6.07) is 11.5. The molecule has 126 valence electrons. The maximum Gasteiger partial charge on any atom is 0.0154 e. The van der Waals surface area contributed by atoms with Crippen LogP contribution in [-0.4, -0.2) is 13.6 Å². The molecule has 0 bridgehead atoms. The lowest BCUT2D eigenvalue weighted by molar-refractivity contribution is 0.463. The molecule has 1 aromatic carbocycles. The zero-order chi connectivity index (χ0) is 15.4. The van der Waals surface area contributed by atoms with Gasteiger partial charge >= 0.3 is 0 Å². The summed E-state index contributed by atoms with van der Waals surface area (Å²) in [6.45, 7) is 1.07. The minimum Gasteiger partial charge on any atom is -0.319 e. The van der Waals surface area contributed by atoms with E-state index < -0.39 is 0 Å². The van der Waals surface area contributed by atoms with E-state index in [4.69, 9.17) is 0 Å². The molecule has 1 aromatic heterocycles. The van der Waals surface area contributed by atoms with Crippen molar-refractivity contribution in [2.24, 2.45) is 0 Å². The monoisotopic (exact) mass is 367 g/mol. The highest BCUT2D eigenvalue weighted by molar-refractivity contribution is 7.79. The van der Waals surface area contributed by atoms with E-state index in [1.165, 1.54) is 36.1 Å². The van der Waals surface area contributed by atoms with Gasteiger partial charge in [0.25, 0.3) is 0 Å². The fourth-order valence-electron chi connectivity index (χ4n) is 3.72. The summed E-state index contributed by atoms with van der Waals surface area (Å²) < 4.78 is 0. The van der Waals surface area contributed by atoms with Gasteiger partial charge in [-0.2, -0.15) is 12.6 Å². The number of likely N-dealkylation sites (N-methyl/N-ethyl adjacent to an activating group) is 1. The average molecular weight is 368 g/mol. The van der Waals surface area contributed by atoms with Gasteiger partial charge in [-0.05, 0) is 66.8 Å². The van der Waals surface area contributed by atoms with Crippen LogP contribution in [0.4, 0.5) is 0 Å². The van der Waals surface area contributed by atoms with Gasteiger partial charge in [-0.15, -0.1) is 23.7 Å². The van der Waals surface area contributed by atoms with Crippen LogP contribution in [0.3, 0.4) is 0 Å². The molecule has 0 fully saturated rings. The Morgan fingerprint density at radius 1 is 1.35 bits per heavy atom. The van der Waals surface area contributed by atoms with Crippen molar-refractivity contribution in [2.45, 2.75) is 43.3 Å². The normalized spacial score (nSPS) is 18.1. The van der Waals surface area contributed by atoms with E-state index in [2.05, 4.69) is 60.7 Å². The van der Waals surface area contributed by atoms with Gasteiger partial charge in [-0.3, -0.25) is 0 Å². The third kappa shape index (κ3) is 4.54. The van der Waals surface area contributed by atoms with Crippen molar-refractivity contribution in [3.05, 3.63) is 57.3 Å². The van der Waals surface area contributed by atoms with E-state index >= 15 is 0 Å². The van der Waals surface area contributed by atoms with Gasteiger partial charge in [0, 0.05) is 23.1 Å². The van der Waals surface area contributed by atoms with Crippen molar-refractivity contribution in [3.63, 3.8) is 0 Å². The molecule has 1 aliphatic carbocycles. The molecule has 2 unspecified atom stereocenters. The summed E-state index contributed by atoms with van der Waals surface area (Å²) in [5, 5.41) is 5.58. The number of hydrogen-bond acceptors (Lipinski definition) is 3. The van der Waals surface area contributed by atoms with E-state index in [1.54, 1.807) is 11.1 Å². The summed E-state index contributed by atoms with van der Waals surface area (Å²) >= 11 is 6.31. The van der Waals surface area contributed by atoms with Gasteiger partial charge in [0.1, 0.15) is 0 Å². The standard InChI is InChI=1S/C19H25NS2.ClH/c1-20-12-17(19-6-3-9-22-19)11-16-5-2-4-15-10-14(13-21)7-8-18(15)16;/h3,6-10,16-17,20-21H,2,4-5,11-13H2,1H3;1H. The molecule has 2 atom stereocenters. The molecule has 0 radical (unpaired) electrons. The van der Waals surface area contributed by atoms with Crippen molar-refractivity contribution >= 4 is 36.4 Å². The quantitative estimate of drug-likeness (QED) is 0.650. The van der Waals surface area contributed by atoms with Crippen molar-refractivity contribution in [3.8, 4) is 0 Å². The summed E-state index contributed by atoms with van der Waals surface area (Å²) in [5.74, 6) is 2.18. The predicted octanol–water partition coefficient (Wildman–Crippen LogP) is 5.41. The molecule has 0 saturated carbocycles. The summed E-state index contributed by atoms with van der Waals surface area (Å²) in [4.78, 5) is 1.52. The molecule has 1 aliphatic rings. The van der Waals surface area contributed by atoms with Crippen molar-refractivity contribution in [1.82, 2.24) is 5.32 Å². The van der Waals surface area contributed by atoms with Gasteiger partial charge in [-0.25, -0.2) is 0 Å². The highest BCUT2D eigenvalue weighted by atomic mass is 35.5. The van der Waals surface area contributed by atoms with Crippen LogP contribution in [0.1, 0.15) is 52.7 Å². The number of fused-ring (bicyclic) bond motifs is 1. The minimum atomic E-state index is 0. The number of thiophene rings is 1. The van der Waals surface area contributed by atoms with Crippen molar-refractivity contribution in [2.75, 3.05) is 13.6 Å². The largest absolute Gasteiger partial charge is 0.319 e. The third-order valence-electron chi connectivity index (χ3n) is 4.79. The van der Waals surface area contributed by atoms with Crippen LogP contribution in [0.25, 0.3) is 0 Å². The Kier molecular flexibility index (Phi) is 7.48. The van der Waals surface area contributed by atoms with Crippen LogP contribution in [0.2, 0.25) is 0 Å². The highest BCUT2D eigenvalue weighted by Crippen LogP contribution is 2.39. The smallest absolute Gasteiger partial charge is 0.0154 e. The van der Waals surface area contributed by atoms with Gasteiger partial charge in [0.2, 0.25) is 0 Å². The second-order valence-electron chi connectivity index (χ2n) is 6.29. The van der Waals surface area contributed by atoms with Crippen LogP contribution in [0, 0.1) is 0 Å². The lowest BCUT2D eigenvalue weighted by Gasteiger charge is -2.29. The van der Waals surface area contributed by atoms with E-state index in [-0.39, 0.29) is 12.4 Å². The number of halogens is 1. The molecule has 4 heteroatoms.